The Balaban J connectivity index is 3.14. The zero-order valence-electron chi connectivity index (χ0n) is 13.3. The van der Waals surface area contributed by atoms with Crippen molar-refractivity contribution < 1.29 is 37.4 Å². The van der Waals surface area contributed by atoms with Gasteiger partial charge in [0.1, 0.15) is 5.17 Å². The van der Waals surface area contributed by atoms with Crippen molar-refractivity contribution in [2.24, 2.45) is 5.16 Å². The monoisotopic (exact) mass is 382 g/mol. The van der Waals surface area contributed by atoms with Crippen LogP contribution in [0.15, 0.2) is 29.4 Å². The van der Waals surface area contributed by atoms with E-state index in [0.29, 0.717) is 0 Å². The van der Waals surface area contributed by atoms with Gasteiger partial charge in [-0.25, -0.2) is 9.59 Å². The van der Waals surface area contributed by atoms with Crippen molar-refractivity contribution in [1.29, 1.82) is 0 Å². The summed E-state index contributed by atoms with van der Waals surface area (Å²) in [6.45, 7) is 1.37. The van der Waals surface area contributed by atoms with E-state index < -0.39 is 29.4 Å². The summed E-state index contributed by atoms with van der Waals surface area (Å²) in [6, 6.07) is 3.82. The van der Waals surface area contributed by atoms with Gasteiger partial charge < -0.3 is 9.84 Å². The molecule has 7 nitrogen and oxygen atoms in total. The molecule has 0 aliphatic rings. The third-order valence-electron chi connectivity index (χ3n) is 3.09. The molecule has 0 unspecified atom stereocenters. The van der Waals surface area contributed by atoms with Crippen LogP contribution in [0.5, 0.6) is 0 Å². The largest absolute Gasteiger partial charge is 0.466 e. The summed E-state index contributed by atoms with van der Waals surface area (Å²) >= 11 is 5.41. The maximum absolute atomic E-state index is 13.1. The minimum Gasteiger partial charge on any atom is -0.466 e. The van der Waals surface area contributed by atoms with Crippen molar-refractivity contribution in [3.05, 3.63) is 29.8 Å². The number of halogens is 4. The number of esters is 1. The fourth-order valence-corrected chi connectivity index (χ4v) is 1.77. The van der Waals surface area contributed by atoms with Crippen LogP contribution in [0.4, 0.5) is 23.7 Å². The van der Waals surface area contributed by atoms with Gasteiger partial charge in [-0.1, -0.05) is 28.9 Å². The first-order valence-corrected chi connectivity index (χ1v) is 6.95. The summed E-state index contributed by atoms with van der Waals surface area (Å²) in [6.07, 6.45) is -6.26. The lowest BCUT2D eigenvalue weighted by Gasteiger charge is -2.28. The molecule has 0 bridgehead atoms. The number of rotatable bonds is 4. The van der Waals surface area contributed by atoms with Gasteiger partial charge in [0.2, 0.25) is 0 Å². The molecule has 1 aromatic rings. The number of carbonyl (C=O) groups excluding carboxylic acids is 2. The maximum atomic E-state index is 13.1. The van der Waals surface area contributed by atoms with Gasteiger partial charge in [0.05, 0.1) is 7.11 Å². The van der Waals surface area contributed by atoms with Gasteiger partial charge in [-0.05, 0) is 19.1 Å². The number of hydrogen-bond donors (Lipinski definition) is 1. The average molecular weight is 383 g/mol. The minimum absolute atomic E-state index is 0.0367. The van der Waals surface area contributed by atoms with E-state index in [1.165, 1.54) is 14.0 Å². The van der Waals surface area contributed by atoms with Crippen LogP contribution < -0.4 is 4.90 Å². The van der Waals surface area contributed by atoms with E-state index in [0.717, 1.165) is 36.3 Å². The van der Waals surface area contributed by atoms with E-state index in [2.05, 4.69) is 14.7 Å². The molecule has 1 N–H and O–H groups in total. The Morgan fingerprint density at radius 3 is 2.16 bits per heavy atom. The molecule has 0 saturated heterocycles. The van der Waals surface area contributed by atoms with Crippen LogP contribution in [0.1, 0.15) is 12.5 Å². The van der Waals surface area contributed by atoms with Crippen molar-refractivity contribution in [3.63, 3.8) is 0 Å². The number of methoxy groups -OCH3 is 1. The van der Waals surface area contributed by atoms with Crippen LogP contribution in [-0.2, 0) is 20.0 Å². The van der Waals surface area contributed by atoms with Crippen LogP contribution >= 0.6 is 11.6 Å². The number of alkyl halides is 3. The molecule has 1 rings (SSSR count). The van der Waals surface area contributed by atoms with Crippen molar-refractivity contribution in [2.45, 2.75) is 18.7 Å². The van der Waals surface area contributed by atoms with Crippen molar-refractivity contribution in [1.82, 2.24) is 0 Å². The highest BCUT2D eigenvalue weighted by Gasteiger charge is 2.62. The first kappa shape index (κ1) is 20.7. The minimum atomic E-state index is -5.31. The lowest BCUT2D eigenvalue weighted by atomic mass is 9.93. The van der Waals surface area contributed by atoms with Gasteiger partial charge in [-0.3, -0.25) is 9.74 Å². The Morgan fingerprint density at radius 1 is 1.24 bits per heavy atom. The number of benzene rings is 1. The quantitative estimate of drug-likeness (QED) is 0.374. The SMILES string of the molecule is COC(=O)[C@](O)(c1ccc(N(C)C(=O)ON=C(C)Cl)cc1)C(F)(F)F. The molecule has 25 heavy (non-hydrogen) atoms. The van der Waals surface area contributed by atoms with E-state index >= 15 is 0 Å². The molecule has 11 heteroatoms. The summed E-state index contributed by atoms with van der Waals surface area (Å²) in [5.41, 5.74) is -4.49. The van der Waals surface area contributed by atoms with Crippen LogP contribution in [0.25, 0.3) is 0 Å². The summed E-state index contributed by atoms with van der Waals surface area (Å²) in [5, 5.41) is 13.0. The Hall–Kier alpha value is -2.33. The molecule has 0 heterocycles. The molecule has 0 saturated carbocycles. The zero-order chi connectivity index (χ0) is 19.4. The molecule has 1 amide bonds. The third kappa shape index (κ3) is 4.40. The topological polar surface area (TPSA) is 88.4 Å². The maximum Gasteiger partial charge on any atom is 0.440 e. The first-order valence-electron chi connectivity index (χ1n) is 6.58. The lowest BCUT2D eigenvalue weighted by Crippen LogP contribution is -2.49. The van der Waals surface area contributed by atoms with Gasteiger partial charge in [-0.15, -0.1) is 0 Å². The summed E-state index contributed by atoms with van der Waals surface area (Å²) in [5.74, 6) is -1.88. The molecule has 0 radical (unpaired) electrons. The predicted octanol–water partition coefficient (Wildman–Crippen LogP) is 2.75. The number of oxime groups is 1. The van der Waals surface area contributed by atoms with Gasteiger partial charge in [-0.2, -0.15) is 13.2 Å². The van der Waals surface area contributed by atoms with Crippen molar-refractivity contribution in [2.75, 3.05) is 19.1 Å². The number of amides is 1. The number of aliphatic hydroxyl groups is 1. The van der Waals surface area contributed by atoms with Crippen LogP contribution in [0.3, 0.4) is 0 Å². The fraction of sp³-hybridized carbons (Fsp3) is 0.357. The van der Waals surface area contributed by atoms with Gasteiger partial charge >= 0.3 is 18.2 Å². The molecule has 0 aromatic heterocycles. The second kappa shape index (κ2) is 7.70. The highest BCUT2D eigenvalue weighted by atomic mass is 35.5. The predicted molar refractivity (Wildman–Crippen MR) is 82.3 cm³/mol. The summed E-state index contributed by atoms with van der Waals surface area (Å²) < 4.78 is 43.4. The number of hydrogen-bond acceptors (Lipinski definition) is 6. The molecule has 138 valence electrons. The Kier molecular flexibility index (Phi) is 6.38. The zero-order valence-corrected chi connectivity index (χ0v) is 14.1. The molecule has 0 aliphatic heterocycles. The Morgan fingerprint density at radius 2 is 1.76 bits per heavy atom. The molecular formula is C14H14ClF3N2O5. The number of ether oxygens (including phenoxy) is 1. The lowest BCUT2D eigenvalue weighted by molar-refractivity contribution is -0.266. The van der Waals surface area contributed by atoms with Crippen molar-refractivity contribution in [3.8, 4) is 0 Å². The van der Waals surface area contributed by atoms with Gasteiger partial charge in [0.25, 0.3) is 5.60 Å². The van der Waals surface area contributed by atoms with E-state index in [9.17, 15) is 27.9 Å². The standard InChI is InChI=1S/C14H14ClF3N2O5/c1-8(15)19-25-12(22)20(2)10-6-4-9(5-7-10)13(23,11(21)24-3)14(16,17)18/h4-7,23H,1-3H3/t13-/m1/s1. The van der Waals surface area contributed by atoms with Gasteiger partial charge in [0, 0.05) is 18.3 Å². The highest BCUT2D eigenvalue weighted by molar-refractivity contribution is 6.64. The number of anilines is 1. The second-order valence-corrected chi connectivity index (χ2v) is 5.30. The smallest absolute Gasteiger partial charge is 0.440 e. The summed E-state index contributed by atoms with van der Waals surface area (Å²) in [4.78, 5) is 28.5. The number of carbonyl (C=O) groups is 2. The molecule has 0 fully saturated rings. The third-order valence-corrected chi connectivity index (χ3v) is 3.16. The molecule has 0 aliphatic carbocycles. The molecule has 1 atom stereocenters. The second-order valence-electron chi connectivity index (χ2n) is 4.75. The highest BCUT2D eigenvalue weighted by Crippen LogP contribution is 2.40. The van der Waals surface area contributed by atoms with Crippen molar-refractivity contribution >= 4 is 34.5 Å². The first-order chi connectivity index (χ1) is 11.4. The Labute approximate surface area is 145 Å². The van der Waals surface area contributed by atoms with E-state index in [4.69, 9.17) is 11.6 Å². The van der Waals surface area contributed by atoms with Crippen LogP contribution in [-0.4, -0.2) is 42.7 Å². The molecular weight excluding hydrogens is 369 g/mol. The summed E-state index contributed by atoms with van der Waals surface area (Å²) in [7, 11) is 1.99. The average Bonchev–Trinajstić information content (AvgIpc) is 2.56. The van der Waals surface area contributed by atoms with Crippen LogP contribution in [0.2, 0.25) is 0 Å². The fourth-order valence-electron chi connectivity index (χ4n) is 1.74. The number of nitrogens with zero attached hydrogens (tertiary/aromatic N) is 2. The molecule has 0 spiro atoms. The Bertz CT molecular complexity index is 674. The molecule has 1 aromatic carbocycles. The van der Waals surface area contributed by atoms with Crippen LogP contribution in [0, 0.1) is 0 Å². The normalized spacial score (nSPS) is 14.5. The van der Waals surface area contributed by atoms with E-state index in [1.54, 1.807) is 0 Å². The van der Waals surface area contributed by atoms with E-state index in [1.807, 2.05) is 0 Å². The van der Waals surface area contributed by atoms with E-state index in [-0.39, 0.29) is 10.9 Å². The van der Waals surface area contributed by atoms with Gasteiger partial charge in [0.15, 0.2) is 0 Å².